The fourth-order valence-corrected chi connectivity index (χ4v) is 1.56. The Labute approximate surface area is 81.9 Å². The summed E-state index contributed by atoms with van der Waals surface area (Å²) in [7, 11) is 0. The normalized spacial score (nSPS) is 24.9. The molecule has 0 saturated carbocycles. The molecule has 1 saturated heterocycles. The molecule has 4 N–H and O–H groups in total. The predicted octanol–water partition coefficient (Wildman–Crippen LogP) is 0.603. The number of likely N-dealkylation sites (tertiary alicyclic amines) is 1. The Balaban J connectivity index is 2.31. The summed E-state index contributed by atoms with van der Waals surface area (Å²) >= 11 is 3.23. The number of alkyl halides is 1. The molecule has 12 heavy (non-hydrogen) atoms. The summed E-state index contributed by atoms with van der Waals surface area (Å²) in [4.78, 5) is 2.18. The van der Waals surface area contributed by atoms with E-state index < -0.39 is 0 Å². The summed E-state index contributed by atoms with van der Waals surface area (Å²) in [5.41, 5.74) is 11.4. The van der Waals surface area contributed by atoms with Gasteiger partial charge in [0, 0.05) is 0 Å². The second-order valence-corrected chi connectivity index (χ2v) is 4.12. The minimum atomic E-state index is -0.0776. The van der Waals surface area contributed by atoms with Gasteiger partial charge in [-0.3, -0.25) is 4.90 Å². The molecule has 0 aromatic carbocycles. The maximum Gasteiger partial charge on any atom is 0.0792 e. The van der Waals surface area contributed by atoms with Crippen molar-refractivity contribution < 1.29 is 0 Å². The Morgan fingerprint density at radius 3 is 2.25 bits per heavy atom. The van der Waals surface area contributed by atoms with Crippen molar-refractivity contribution in [1.82, 2.24) is 4.90 Å². The van der Waals surface area contributed by atoms with E-state index in [2.05, 4.69) is 20.8 Å². The maximum absolute atomic E-state index is 5.89. The molecule has 3 nitrogen and oxygen atoms in total. The van der Waals surface area contributed by atoms with Gasteiger partial charge in [0.15, 0.2) is 0 Å². The van der Waals surface area contributed by atoms with Crippen molar-refractivity contribution in [2.75, 3.05) is 13.1 Å². The van der Waals surface area contributed by atoms with E-state index in [0.29, 0.717) is 0 Å². The molecule has 1 fully saturated rings. The van der Waals surface area contributed by atoms with Gasteiger partial charge in [0.2, 0.25) is 0 Å². The lowest BCUT2D eigenvalue weighted by Gasteiger charge is -2.20. The third kappa shape index (κ3) is 3.23. The van der Waals surface area contributed by atoms with Gasteiger partial charge in [-0.2, -0.15) is 0 Å². The molecule has 1 aliphatic heterocycles. The summed E-state index contributed by atoms with van der Waals surface area (Å²) in [5, 5.41) is 0. The van der Waals surface area contributed by atoms with E-state index in [0.717, 1.165) is 13.1 Å². The van der Waals surface area contributed by atoms with Crippen LogP contribution in [-0.2, 0) is 0 Å². The molecule has 0 bridgehead atoms. The topological polar surface area (TPSA) is 55.3 Å². The number of halogens is 1. The van der Waals surface area contributed by atoms with Gasteiger partial charge in [-0.25, -0.2) is 0 Å². The first kappa shape index (κ1) is 10.2. The van der Waals surface area contributed by atoms with Crippen molar-refractivity contribution in [1.29, 1.82) is 0 Å². The van der Waals surface area contributed by atoms with E-state index in [4.69, 9.17) is 11.5 Å². The molecular formula is C8H16BrN3. The largest absolute Gasteiger partial charge is 0.316 e. The zero-order chi connectivity index (χ0) is 8.97. The predicted molar refractivity (Wildman–Crippen MR) is 54.8 cm³/mol. The summed E-state index contributed by atoms with van der Waals surface area (Å²) in [6.45, 7) is 2.23. The fraction of sp³-hybridized carbons (Fsp3) is 0.750. The number of nitrogens with two attached hydrogens (primary N) is 2. The Bertz CT molecular complexity index is 152. The van der Waals surface area contributed by atoms with Gasteiger partial charge < -0.3 is 11.5 Å². The Morgan fingerprint density at radius 2 is 1.75 bits per heavy atom. The Hall–Kier alpha value is 0.100. The smallest absolute Gasteiger partial charge is 0.0792 e. The molecule has 0 aromatic rings. The number of nitrogens with zero attached hydrogens (tertiary/aromatic N) is 1. The van der Waals surface area contributed by atoms with Gasteiger partial charge in [-0.1, -0.05) is 28.1 Å². The van der Waals surface area contributed by atoms with Crippen LogP contribution in [0.3, 0.4) is 0 Å². The summed E-state index contributed by atoms with van der Waals surface area (Å²) in [6, 6.07) is 0. The van der Waals surface area contributed by atoms with Crippen molar-refractivity contribution in [2.45, 2.75) is 24.0 Å². The molecule has 2 atom stereocenters. The first-order chi connectivity index (χ1) is 5.70. The van der Waals surface area contributed by atoms with Gasteiger partial charge in [0.1, 0.15) is 0 Å². The summed E-state index contributed by atoms with van der Waals surface area (Å²) in [6.07, 6.45) is 6.40. The lowest BCUT2D eigenvalue weighted by Crippen LogP contribution is -2.38. The van der Waals surface area contributed by atoms with Gasteiger partial charge >= 0.3 is 0 Å². The fourth-order valence-electron chi connectivity index (χ4n) is 1.38. The molecule has 4 heteroatoms. The van der Waals surface area contributed by atoms with E-state index in [-0.39, 0.29) is 11.1 Å². The van der Waals surface area contributed by atoms with E-state index in [1.165, 1.54) is 12.8 Å². The van der Waals surface area contributed by atoms with Crippen LogP contribution in [0.5, 0.6) is 0 Å². The van der Waals surface area contributed by atoms with E-state index >= 15 is 0 Å². The quantitative estimate of drug-likeness (QED) is 0.427. The van der Waals surface area contributed by atoms with Crippen LogP contribution in [0.1, 0.15) is 12.8 Å². The zero-order valence-electron chi connectivity index (χ0n) is 7.12. The van der Waals surface area contributed by atoms with E-state index in [1.54, 1.807) is 0 Å². The van der Waals surface area contributed by atoms with Crippen LogP contribution >= 0.6 is 15.9 Å². The molecule has 1 aliphatic rings. The van der Waals surface area contributed by atoms with Gasteiger partial charge in [-0.15, -0.1) is 0 Å². The Kier molecular flexibility index (Phi) is 4.21. The van der Waals surface area contributed by atoms with Crippen molar-refractivity contribution in [3.05, 3.63) is 12.2 Å². The number of rotatable bonds is 3. The van der Waals surface area contributed by atoms with Gasteiger partial charge in [0.05, 0.1) is 11.1 Å². The van der Waals surface area contributed by atoms with Crippen LogP contribution in [-0.4, -0.2) is 29.1 Å². The third-order valence-electron chi connectivity index (χ3n) is 2.05. The highest BCUT2D eigenvalue weighted by Gasteiger charge is 2.15. The van der Waals surface area contributed by atoms with Crippen molar-refractivity contribution in [2.24, 2.45) is 11.5 Å². The minimum Gasteiger partial charge on any atom is -0.316 e. The molecule has 2 unspecified atom stereocenters. The van der Waals surface area contributed by atoms with Crippen LogP contribution in [0.25, 0.3) is 0 Å². The monoisotopic (exact) mass is 233 g/mol. The summed E-state index contributed by atoms with van der Waals surface area (Å²) in [5.74, 6) is 0. The van der Waals surface area contributed by atoms with Crippen molar-refractivity contribution >= 4 is 15.9 Å². The molecule has 0 radical (unpaired) electrons. The SMILES string of the molecule is NC(Br)/C=C\C(N)N1CCCC1. The lowest BCUT2D eigenvalue weighted by atomic mass is 10.4. The first-order valence-electron chi connectivity index (χ1n) is 4.28. The van der Waals surface area contributed by atoms with Crippen LogP contribution in [0.4, 0.5) is 0 Å². The Morgan fingerprint density at radius 1 is 1.17 bits per heavy atom. The molecule has 1 rings (SSSR count). The highest BCUT2D eigenvalue weighted by atomic mass is 79.9. The average Bonchev–Trinajstić information content (AvgIpc) is 2.51. The van der Waals surface area contributed by atoms with E-state index in [1.807, 2.05) is 12.2 Å². The van der Waals surface area contributed by atoms with Crippen LogP contribution < -0.4 is 11.5 Å². The molecular weight excluding hydrogens is 218 g/mol. The van der Waals surface area contributed by atoms with Gasteiger partial charge in [-0.05, 0) is 25.9 Å². The second-order valence-electron chi connectivity index (χ2n) is 3.06. The zero-order valence-corrected chi connectivity index (χ0v) is 8.70. The van der Waals surface area contributed by atoms with Crippen molar-refractivity contribution in [3.63, 3.8) is 0 Å². The molecule has 0 aromatic heterocycles. The minimum absolute atomic E-state index is 0.0381. The highest BCUT2D eigenvalue weighted by Crippen LogP contribution is 2.09. The lowest BCUT2D eigenvalue weighted by molar-refractivity contribution is 0.289. The second kappa shape index (κ2) is 4.97. The number of hydrogen-bond acceptors (Lipinski definition) is 3. The van der Waals surface area contributed by atoms with Gasteiger partial charge in [0.25, 0.3) is 0 Å². The molecule has 1 heterocycles. The summed E-state index contributed by atoms with van der Waals surface area (Å²) < 4.78 is 0. The third-order valence-corrected chi connectivity index (χ3v) is 2.36. The van der Waals surface area contributed by atoms with E-state index in [9.17, 15) is 0 Å². The molecule has 70 valence electrons. The van der Waals surface area contributed by atoms with Crippen LogP contribution in [0.15, 0.2) is 12.2 Å². The van der Waals surface area contributed by atoms with Crippen LogP contribution in [0, 0.1) is 0 Å². The molecule has 0 spiro atoms. The highest BCUT2D eigenvalue weighted by molar-refractivity contribution is 9.09. The van der Waals surface area contributed by atoms with Crippen molar-refractivity contribution in [3.8, 4) is 0 Å². The molecule has 0 amide bonds. The van der Waals surface area contributed by atoms with Crippen LogP contribution in [0.2, 0.25) is 0 Å². The molecule has 0 aliphatic carbocycles. The number of hydrogen-bond donors (Lipinski definition) is 2. The average molecular weight is 234 g/mol. The standard InChI is InChI=1S/C8H16BrN3/c9-7(10)3-4-8(11)12-5-1-2-6-12/h3-4,7-8H,1-2,5-6,10-11H2/b4-3-. The first-order valence-corrected chi connectivity index (χ1v) is 5.19. The maximum atomic E-state index is 5.89.